The minimum absolute atomic E-state index is 0.132. The first-order chi connectivity index (χ1) is 9.49. The Morgan fingerprint density at radius 1 is 1.35 bits per heavy atom. The molecule has 0 atom stereocenters. The van der Waals surface area contributed by atoms with Crippen LogP contribution in [0.1, 0.15) is 10.4 Å². The van der Waals surface area contributed by atoms with E-state index < -0.39 is 11.7 Å². The van der Waals surface area contributed by atoms with Crippen molar-refractivity contribution >= 4 is 23.1 Å². The molecule has 0 radical (unpaired) electrons. The van der Waals surface area contributed by atoms with Gasteiger partial charge < -0.3 is 16.0 Å². The van der Waals surface area contributed by atoms with Crippen LogP contribution in [0.3, 0.4) is 0 Å². The van der Waals surface area contributed by atoms with Crippen molar-refractivity contribution in [2.45, 2.75) is 0 Å². The summed E-state index contributed by atoms with van der Waals surface area (Å²) in [5, 5.41) is 2.63. The number of aromatic nitrogens is 1. The zero-order valence-corrected chi connectivity index (χ0v) is 11.2. The van der Waals surface area contributed by atoms with Crippen LogP contribution in [0.4, 0.5) is 21.6 Å². The second-order valence-corrected chi connectivity index (χ2v) is 4.46. The van der Waals surface area contributed by atoms with Gasteiger partial charge in [-0.15, -0.1) is 0 Å². The number of carbonyl (C=O) groups is 1. The van der Waals surface area contributed by atoms with Gasteiger partial charge in [-0.05, 0) is 24.3 Å². The van der Waals surface area contributed by atoms with Crippen LogP contribution in [0.15, 0.2) is 36.5 Å². The number of nitrogens with two attached hydrogens (primary N) is 1. The largest absolute Gasteiger partial charge is 0.381 e. The molecular formula is C14H15FN4O. The van der Waals surface area contributed by atoms with E-state index >= 15 is 0 Å². The monoisotopic (exact) mass is 274 g/mol. The third-order valence-electron chi connectivity index (χ3n) is 2.78. The molecule has 1 heterocycles. The third-order valence-corrected chi connectivity index (χ3v) is 2.78. The van der Waals surface area contributed by atoms with E-state index in [0.29, 0.717) is 5.69 Å². The lowest BCUT2D eigenvalue weighted by Crippen LogP contribution is -2.16. The summed E-state index contributed by atoms with van der Waals surface area (Å²) in [7, 11) is 3.79. The highest BCUT2D eigenvalue weighted by atomic mass is 19.1. The SMILES string of the molecule is CN(C)c1cccc(NC(=O)c2ccnc(N)c2F)c1. The normalized spacial score (nSPS) is 10.2. The minimum Gasteiger partial charge on any atom is -0.381 e. The number of amides is 1. The number of hydrogen-bond donors (Lipinski definition) is 2. The van der Waals surface area contributed by atoms with E-state index in [-0.39, 0.29) is 11.4 Å². The molecule has 0 saturated carbocycles. The number of nitrogen functional groups attached to an aromatic ring is 1. The molecule has 0 aliphatic rings. The molecule has 1 aromatic heterocycles. The molecule has 2 aromatic rings. The first-order valence-corrected chi connectivity index (χ1v) is 5.97. The quantitative estimate of drug-likeness (QED) is 0.899. The van der Waals surface area contributed by atoms with Crippen LogP contribution in [-0.4, -0.2) is 25.0 Å². The van der Waals surface area contributed by atoms with Crippen molar-refractivity contribution in [3.63, 3.8) is 0 Å². The fraction of sp³-hybridized carbons (Fsp3) is 0.143. The zero-order valence-electron chi connectivity index (χ0n) is 11.2. The number of rotatable bonds is 3. The second-order valence-electron chi connectivity index (χ2n) is 4.46. The minimum atomic E-state index is -0.811. The lowest BCUT2D eigenvalue weighted by molar-refractivity contribution is 0.102. The second kappa shape index (κ2) is 5.56. The Labute approximate surface area is 116 Å². The fourth-order valence-corrected chi connectivity index (χ4v) is 1.70. The molecule has 6 heteroatoms. The van der Waals surface area contributed by atoms with Crippen molar-refractivity contribution < 1.29 is 9.18 Å². The summed E-state index contributed by atoms with van der Waals surface area (Å²) in [6, 6.07) is 8.52. The fourth-order valence-electron chi connectivity index (χ4n) is 1.70. The average Bonchev–Trinajstić information content (AvgIpc) is 2.42. The van der Waals surface area contributed by atoms with Crippen LogP contribution in [0, 0.1) is 5.82 Å². The van der Waals surface area contributed by atoms with Gasteiger partial charge in [0, 0.05) is 31.7 Å². The highest BCUT2D eigenvalue weighted by Gasteiger charge is 2.14. The number of halogens is 1. The standard InChI is InChI=1S/C14H15FN4O/c1-19(2)10-5-3-4-9(8-10)18-14(20)11-6-7-17-13(16)12(11)15/h3-8H,1-2H3,(H2,16,17)(H,18,20). The maximum Gasteiger partial charge on any atom is 0.258 e. The number of hydrogen-bond acceptors (Lipinski definition) is 4. The van der Waals surface area contributed by atoms with E-state index in [2.05, 4.69) is 10.3 Å². The van der Waals surface area contributed by atoms with Crippen LogP contribution >= 0.6 is 0 Å². The Morgan fingerprint density at radius 3 is 2.80 bits per heavy atom. The van der Waals surface area contributed by atoms with Crippen molar-refractivity contribution in [2.75, 3.05) is 30.0 Å². The first kappa shape index (κ1) is 13.8. The van der Waals surface area contributed by atoms with Crippen LogP contribution < -0.4 is 16.0 Å². The predicted molar refractivity (Wildman–Crippen MR) is 77.3 cm³/mol. The molecule has 0 spiro atoms. The van der Waals surface area contributed by atoms with E-state index in [9.17, 15) is 9.18 Å². The van der Waals surface area contributed by atoms with E-state index in [1.165, 1.54) is 12.3 Å². The van der Waals surface area contributed by atoms with E-state index in [0.717, 1.165) is 5.69 Å². The van der Waals surface area contributed by atoms with Crippen molar-refractivity contribution in [3.05, 3.63) is 47.9 Å². The molecule has 0 unspecified atom stereocenters. The molecule has 3 N–H and O–H groups in total. The van der Waals surface area contributed by atoms with E-state index in [1.54, 1.807) is 12.1 Å². The number of carbonyl (C=O) groups excluding carboxylic acids is 1. The summed E-state index contributed by atoms with van der Waals surface area (Å²) in [6.45, 7) is 0. The van der Waals surface area contributed by atoms with Crippen LogP contribution in [0.2, 0.25) is 0 Å². The van der Waals surface area contributed by atoms with Crippen molar-refractivity contribution in [1.82, 2.24) is 4.98 Å². The van der Waals surface area contributed by atoms with Gasteiger partial charge in [-0.2, -0.15) is 0 Å². The molecule has 0 saturated heterocycles. The molecule has 5 nitrogen and oxygen atoms in total. The van der Waals surface area contributed by atoms with Gasteiger partial charge in [0.25, 0.3) is 5.91 Å². The summed E-state index contributed by atoms with van der Waals surface area (Å²) in [5.74, 6) is -1.67. The van der Waals surface area contributed by atoms with Gasteiger partial charge >= 0.3 is 0 Å². The lowest BCUT2D eigenvalue weighted by Gasteiger charge is -2.14. The van der Waals surface area contributed by atoms with Gasteiger partial charge in [-0.25, -0.2) is 9.37 Å². The van der Waals surface area contributed by atoms with Gasteiger partial charge in [-0.1, -0.05) is 6.07 Å². The molecule has 0 aliphatic carbocycles. The molecule has 20 heavy (non-hydrogen) atoms. The van der Waals surface area contributed by atoms with Gasteiger partial charge in [0.15, 0.2) is 11.6 Å². The third kappa shape index (κ3) is 2.85. The van der Waals surface area contributed by atoms with Gasteiger partial charge in [-0.3, -0.25) is 4.79 Å². The van der Waals surface area contributed by atoms with Crippen LogP contribution in [0.25, 0.3) is 0 Å². The first-order valence-electron chi connectivity index (χ1n) is 5.97. The Balaban J connectivity index is 2.24. The number of benzene rings is 1. The average molecular weight is 274 g/mol. The highest BCUT2D eigenvalue weighted by Crippen LogP contribution is 2.19. The van der Waals surface area contributed by atoms with Crippen LogP contribution in [-0.2, 0) is 0 Å². The number of pyridine rings is 1. The van der Waals surface area contributed by atoms with Crippen LogP contribution in [0.5, 0.6) is 0 Å². The maximum absolute atomic E-state index is 13.7. The van der Waals surface area contributed by atoms with Gasteiger partial charge in [0.05, 0.1) is 5.56 Å². The smallest absolute Gasteiger partial charge is 0.258 e. The van der Waals surface area contributed by atoms with Crippen molar-refractivity contribution in [1.29, 1.82) is 0 Å². The maximum atomic E-state index is 13.7. The summed E-state index contributed by atoms with van der Waals surface area (Å²) in [4.78, 5) is 17.5. The molecule has 2 rings (SSSR count). The Morgan fingerprint density at radius 2 is 2.10 bits per heavy atom. The van der Waals surface area contributed by atoms with Crippen molar-refractivity contribution in [2.24, 2.45) is 0 Å². The van der Waals surface area contributed by atoms with E-state index in [4.69, 9.17) is 5.73 Å². The van der Waals surface area contributed by atoms with E-state index in [1.807, 2.05) is 31.1 Å². The van der Waals surface area contributed by atoms with Crippen molar-refractivity contribution in [3.8, 4) is 0 Å². The Hall–Kier alpha value is -2.63. The van der Waals surface area contributed by atoms with Gasteiger partial charge in [0.1, 0.15) is 0 Å². The Kier molecular flexibility index (Phi) is 3.84. The molecule has 0 bridgehead atoms. The molecular weight excluding hydrogens is 259 g/mol. The Bertz CT molecular complexity index is 643. The molecule has 0 fully saturated rings. The summed E-state index contributed by atoms with van der Waals surface area (Å²) in [6.07, 6.45) is 1.30. The molecule has 1 aromatic carbocycles. The predicted octanol–water partition coefficient (Wildman–Crippen LogP) is 2.12. The number of nitrogens with one attached hydrogen (secondary N) is 1. The molecule has 104 valence electrons. The topological polar surface area (TPSA) is 71.2 Å². The number of nitrogens with zero attached hydrogens (tertiary/aromatic N) is 2. The highest BCUT2D eigenvalue weighted by molar-refractivity contribution is 6.05. The summed E-state index contributed by atoms with van der Waals surface area (Å²) < 4.78 is 13.7. The zero-order chi connectivity index (χ0) is 14.7. The lowest BCUT2D eigenvalue weighted by atomic mass is 10.2. The molecule has 1 amide bonds. The summed E-state index contributed by atoms with van der Waals surface area (Å²) in [5.41, 5.74) is 6.72. The number of anilines is 3. The summed E-state index contributed by atoms with van der Waals surface area (Å²) >= 11 is 0. The van der Waals surface area contributed by atoms with Gasteiger partial charge in [0.2, 0.25) is 0 Å². The molecule has 0 aliphatic heterocycles.